The molecule has 8 heteroatoms. The second-order valence-electron chi connectivity index (χ2n) is 4.67. The zero-order chi connectivity index (χ0) is 17.2. The number of carboxylic acid groups (broad SMARTS) is 1. The highest BCUT2D eigenvalue weighted by molar-refractivity contribution is 7.92. The molecule has 0 radical (unpaired) electrons. The molecular weight excluding hydrogens is 325 g/mol. The molecule has 0 fully saturated rings. The lowest BCUT2D eigenvalue weighted by molar-refractivity contribution is 0.0696. The third-order valence-corrected chi connectivity index (χ3v) is 4.99. The van der Waals surface area contributed by atoms with E-state index in [1.807, 2.05) is 0 Å². The van der Waals surface area contributed by atoms with Crippen LogP contribution in [0.5, 0.6) is 5.75 Å². The molecule has 2 aromatic rings. The van der Waals surface area contributed by atoms with Gasteiger partial charge in [0.1, 0.15) is 11.6 Å². The number of aromatic carboxylic acids is 1. The predicted molar refractivity (Wildman–Crippen MR) is 81.7 cm³/mol. The van der Waals surface area contributed by atoms with Crippen molar-refractivity contribution in [3.05, 3.63) is 53.8 Å². The third kappa shape index (κ3) is 3.42. The molecule has 0 saturated heterocycles. The van der Waals surface area contributed by atoms with Gasteiger partial charge in [-0.05, 0) is 37.3 Å². The van der Waals surface area contributed by atoms with Crippen LogP contribution in [-0.4, -0.2) is 31.1 Å². The highest BCUT2D eigenvalue weighted by atomic mass is 32.2. The van der Waals surface area contributed by atoms with Crippen LogP contribution in [-0.2, 0) is 10.0 Å². The number of benzene rings is 2. The monoisotopic (exact) mass is 339 g/mol. The lowest BCUT2D eigenvalue weighted by Crippen LogP contribution is -2.31. The van der Waals surface area contributed by atoms with Crippen molar-refractivity contribution in [2.24, 2.45) is 0 Å². The van der Waals surface area contributed by atoms with Gasteiger partial charge < -0.3 is 10.2 Å². The lowest BCUT2D eigenvalue weighted by atomic mass is 10.2. The van der Waals surface area contributed by atoms with Crippen LogP contribution in [0, 0.1) is 5.82 Å². The highest BCUT2D eigenvalue weighted by Gasteiger charge is 2.25. The summed E-state index contributed by atoms with van der Waals surface area (Å²) in [4.78, 5) is 10.5. The van der Waals surface area contributed by atoms with E-state index in [9.17, 15) is 22.7 Å². The van der Waals surface area contributed by atoms with Gasteiger partial charge >= 0.3 is 5.97 Å². The molecule has 6 nitrogen and oxygen atoms in total. The molecule has 122 valence electrons. The number of aromatic hydroxyl groups is 1. The van der Waals surface area contributed by atoms with Crippen molar-refractivity contribution in [2.75, 3.05) is 10.8 Å². The number of hydrogen-bond acceptors (Lipinski definition) is 4. The SMILES string of the molecule is CCN(c1cccc(O)c1)S(=O)(=O)c1cc(F)cc(C(=O)O)c1. The standard InChI is InChI=1S/C15H14FNO5S/c1-2-17(12-4-3-5-13(18)9-12)23(21,22)14-7-10(15(19)20)6-11(16)8-14/h3-9,18H,2H2,1H3,(H,19,20). The van der Waals surface area contributed by atoms with Crippen molar-refractivity contribution in [2.45, 2.75) is 11.8 Å². The van der Waals surface area contributed by atoms with E-state index in [0.717, 1.165) is 22.5 Å². The molecule has 2 aromatic carbocycles. The number of sulfonamides is 1. The number of rotatable bonds is 5. The highest BCUT2D eigenvalue weighted by Crippen LogP contribution is 2.27. The summed E-state index contributed by atoms with van der Waals surface area (Å²) in [5, 5.41) is 18.4. The summed E-state index contributed by atoms with van der Waals surface area (Å²) >= 11 is 0. The first kappa shape index (κ1) is 16.8. The predicted octanol–water partition coefficient (Wildman–Crippen LogP) is 2.44. The van der Waals surface area contributed by atoms with Crippen LogP contribution in [0.4, 0.5) is 10.1 Å². The van der Waals surface area contributed by atoms with Crippen LogP contribution in [0.3, 0.4) is 0 Å². The van der Waals surface area contributed by atoms with E-state index >= 15 is 0 Å². The zero-order valence-electron chi connectivity index (χ0n) is 12.1. The van der Waals surface area contributed by atoms with Crippen molar-refractivity contribution in [3.8, 4) is 5.75 Å². The van der Waals surface area contributed by atoms with Gasteiger partial charge in [0.05, 0.1) is 16.1 Å². The molecule has 2 N–H and O–H groups in total. The van der Waals surface area contributed by atoms with E-state index < -0.39 is 32.3 Å². The van der Waals surface area contributed by atoms with Gasteiger partial charge in [-0.15, -0.1) is 0 Å². The first-order valence-corrected chi connectivity index (χ1v) is 8.05. The number of phenolic OH excluding ortho intramolecular Hbond substituents is 1. The summed E-state index contributed by atoms with van der Waals surface area (Å²) in [6, 6.07) is 7.97. The Balaban J connectivity index is 2.58. The summed E-state index contributed by atoms with van der Waals surface area (Å²) in [7, 11) is -4.18. The molecule has 0 aromatic heterocycles. The van der Waals surface area contributed by atoms with Gasteiger partial charge in [-0.25, -0.2) is 17.6 Å². The fourth-order valence-corrected chi connectivity index (χ4v) is 3.62. The number of carbonyl (C=O) groups is 1. The largest absolute Gasteiger partial charge is 0.508 e. The van der Waals surface area contributed by atoms with Gasteiger partial charge in [0, 0.05) is 12.6 Å². The maximum atomic E-state index is 13.6. The van der Waals surface area contributed by atoms with E-state index in [4.69, 9.17) is 5.11 Å². The van der Waals surface area contributed by atoms with Gasteiger partial charge in [0.2, 0.25) is 0 Å². The molecule has 0 aliphatic rings. The van der Waals surface area contributed by atoms with Crippen molar-refractivity contribution in [1.29, 1.82) is 0 Å². The Hall–Kier alpha value is -2.61. The fourth-order valence-electron chi connectivity index (χ4n) is 2.10. The van der Waals surface area contributed by atoms with Crippen LogP contribution in [0.15, 0.2) is 47.4 Å². The first-order valence-electron chi connectivity index (χ1n) is 6.61. The number of halogens is 1. The maximum absolute atomic E-state index is 13.6. The number of phenols is 1. The number of carboxylic acids is 1. The smallest absolute Gasteiger partial charge is 0.335 e. The minimum Gasteiger partial charge on any atom is -0.508 e. The van der Waals surface area contributed by atoms with Gasteiger partial charge in [-0.3, -0.25) is 4.31 Å². The first-order chi connectivity index (χ1) is 10.8. The topological polar surface area (TPSA) is 94.9 Å². The molecule has 0 heterocycles. The van der Waals surface area contributed by atoms with Crippen LogP contribution >= 0.6 is 0 Å². The van der Waals surface area contributed by atoms with Gasteiger partial charge in [0.15, 0.2) is 0 Å². The average molecular weight is 339 g/mol. The minimum atomic E-state index is -4.18. The van der Waals surface area contributed by atoms with Gasteiger partial charge in [0.25, 0.3) is 10.0 Å². The molecule has 0 saturated carbocycles. The Labute approximate surface area is 132 Å². The van der Waals surface area contributed by atoms with Gasteiger partial charge in [-0.2, -0.15) is 0 Å². The Morgan fingerprint density at radius 3 is 2.48 bits per heavy atom. The summed E-state index contributed by atoms with van der Waals surface area (Å²) in [6.45, 7) is 1.59. The number of anilines is 1. The number of hydrogen-bond donors (Lipinski definition) is 2. The van der Waals surface area contributed by atoms with Crippen LogP contribution < -0.4 is 4.31 Å². The van der Waals surface area contributed by atoms with Crippen molar-refractivity contribution >= 4 is 21.7 Å². The molecule has 0 amide bonds. The average Bonchev–Trinajstić information content (AvgIpc) is 2.47. The van der Waals surface area contributed by atoms with E-state index in [0.29, 0.717) is 0 Å². The van der Waals surface area contributed by atoms with E-state index in [-0.39, 0.29) is 18.0 Å². The summed E-state index contributed by atoms with van der Waals surface area (Å²) < 4.78 is 39.9. The molecule has 0 atom stereocenters. The lowest BCUT2D eigenvalue weighted by Gasteiger charge is -2.23. The quantitative estimate of drug-likeness (QED) is 0.872. The fraction of sp³-hybridized carbons (Fsp3) is 0.133. The van der Waals surface area contributed by atoms with Crippen molar-refractivity contribution < 1.29 is 27.8 Å². The third-order valence-electron chi connectivity index (χ3n) is 3.11. The Morgan fingerprint density at radius 2 is 1.91 bits per heavy atom. The molecule has 0 bridgehead atoms. The van der Waals surface area contributed by atoms with Crippen molar-refractivity contribution in [3.63, 3.8) is 0 Å². The molecule has 0 unspecified atom stereocenters. The Morgan fingerprint density at radius 1 is 1.22 bits per heavy atom. The van der Waals surface area contributed by atoms with E-state index in [1.54, 1.807) is 6.92 Å². The molecule has 23 heavy (non-hydrogen) atoms. The summed E-state index contributed by atoms with van der Waals surface area (Å²) in [5.74, 6) is -2.52. The van der Waals surface area contributed by atoms with Crippen molar-refractivity contribution in [1.82, 2.24) is 0 Å². The van der Waals surface area contributed by atoms with E-state index in [1.165, 1.54) is 24.3 Å². The van der Waals surface area contributed by atoms with Crippen LogP contribution in [0.1, 0.15) is 17.3 Å². The maximum Gasteiger partial charge on any atom is 0.335 e. The van der Waals surface area contributed by atoms with Gasteiger partial charge in [-0.1, -0.05) is 6.07 Å². The second kappa shape index (κ2) is 6.25. The molecule has 0 aliphatic carbocycles. The Kier molecular flexibility index (Phi) is 4.55. The van der Waals surface area contributed by atoms with Crippen LogP contribution in [0.2, 0.25) is 0 Å². The summed E-state index contributed by atoms with van der Waals surface area (Å²) in [5.41, 5.74) is -0.274. The number of nitrogens with zero attached hydrogens (tertiary/aromatic N) is 1. The normalized spacial score (nSPS) is 11.2. The van der Waals surface area contributed by atoms with Crippen LogP contribution in [0.25, 0.3) is 0 Å². The second-order valence-corrected chi connectivity index (χ2v) is 6.53. The molecule has 0 spiro atoms. The zero-order valence-corrected chi connectivity index (χ0v) is 12.9. The minimum absolute atomic E-state index is 0.0186. The molecular formula is C15H14FNO5S. The Bertz CT molecular complexity index is 851. The molecule has 2 rings (SSSR count). The molecule has 0 aliphatic heterocycles. The summed E-state index contributed by atoms with van der Waals surface area (Å²) in [6.07, 6.45) is 0. The van der Waals surface area contributed by atoms with E-state index in [2.05, 4.69) is 0 Å².